The lowest BCUT2D eigenvalue weighted by Gasteiger charge is -2.12. The van der Waals surface area contributed by atoms with E-state index in [1.165, 1.54) is 18.3 Å². The number of aromatic nitrogens is 2. The lowest BCUT2D eigenvalue weighted by Crippen LogP contribution is -2.24. The number of carbonyl (C=O) groups is 2. The molecule has 0 atom stereocenters. The predicted molar refractivity (Wildman–Crippen MR) is 98.8 cm³/mol. The quantitative estimate of drug-likeness (QED) is 0.535. The summed E-state index contributed by atoms with van der Waals surface area (Å²) in [7, 11) is 0. The molecule has 9 nitrogen and oxygen atoms in total. The molecular weight excluding hydrogens is 364 g/mol. The molecule has 0 aliphatic carbocycles. The number of aromatic carboxylic acids is 2. The van der Waals surface area contributed by atoms with E-state index in [9.17, 15) is 24.6 Å². The van der Waals surface area contributed by atoms with Crippen molar-refractivity contribution in [3.8, 4) is 28.5 Å². The summed E-state index contributed by atoms with van der Waals surface area (Å²) in [6.45, 7) is 0. The Hall–Kier alpha value is -4.45. The third kappa shape index (κ3) is 3.17. The number of aromatic amines is 1. The van der Waals surface area contributed by atoms with Crippen LogP contribution in [0.2, 0.25) is 0 Å². The highest BCUT2D eigenvalue weighted by atomic mass is 16.4. The molecule has 28 heavy (non-hydrogen) atoms. The van der Waals surface area contributed by atoms with Crippen molar-refractivity contribution in [2.24, 2.45) is 0 Å². The van der Waals surface area contributed by atoms with E-state index in [2.05, 4.69) is 9.97 Å². The first-order valence-electron chi connectivity index (χ1n) is 7.82. The summed E-state index contributed by atoms with van der Waals surface area (Å²) in [6.07, 6.45) is 1.48. The number of nitrogen functional groups attached to an aromatic ring is 1. The van der Waals surface area contributed by atoms with Crippen molar-refractivity contribution < 1.29 is 19.8 Å². The molecule has 5 N–H and O–H groups in total. The zero-order valence-corrected chi connectivity index (χ0v) is 14.1. The van der Waals surface area contributed by atoms with E-state index in [4.69, 9.17) is 11.0 Å². The number of carboxylic acids is 2. The van der Waals surface area contributed by atoms with Crippen LogP contribution >= 0.6 is 0 Å². The van der Waals surface area contributed by atoms with E-state index in [1.54, 1.807) is 24.3 Å². The summed E-state index contributed by atoms with van der Waals surface area (Å²) in [5.74, 6) is -3.49. The minimum Gasteiger partial charge on any atom is -0.478 e. The summed E-state index contributed by atoms with van der Waals surface area (Å²) < 4.78 is 0. The standard InChI is InChI=1S/C19H12N4O5/c20-8-9-5-6-22-12(7-9)10-1-3-11(4-2-10)13-14(18(25)26)16(21)23-17(24)15(13)19(27)28/h1-7H,(H,25,26)(H,27,28)(H3,21,23,24). The van der Waals surface area contributed by atoms with E-state index in [0.29, 0.717) is 16.8 Å². The second kappa shape index (κ2) is 7.05. The van der Waals surface area contributed by atoms with Gasteiger partial charge in [0.05, 0.1) is 17.3 Å². The van der Waals surface area contributed by atoms with Gasteiger partial charge in [0, 0.05) is 17.3 Å². The first-order chi connectivity index (χ1) is 13.3. The molecule has 0 unspecified atom stereocenters. The van der Waals surface area contributed by atoms with Crippen molar-refractivity contribution in [2.45, 2.75) is 0 Å². The van der Waals surface area contributed by atoms with Crippen LogP contribution in [-0.2, 0) is 0 Å². The number of rotatable bonds is 4. The second-order valence-corrected chi connectivity index (χ2v) is 5.72. The van der Waals surface area contributed by atoms with Crippen LogP contribution < -0.4 is 11.3 Å². The number of hydrogen-bond donors (Lipinski definition) is 4. The Morgan fingerprint density at radius 3 is 2.21 bits per heavy atom. The number of hydrogen-bond acceptors (Lipinski definition) is 6. The lowest BCUT2D eigenvalue weighted by molar-refractivity contribution is 0.0695. The van der Waals surface area contributed by atoms with Crippen LogP contribution in [0.5, 0.6) is 0 Å². The van der Waals surface area contributed by atoms with Gasteiger partial charge in [0.2, 0.25) is 0 Å². The van der Waals surface area contributed by atoms with Gasteiger partial charge in [-0.2, -0.15) is 5.26 Å². The average Bonchev–Trinajstić information content (AvgIpc) is 2.66. The third-order valence-electron chi connectivity index (χ3n) is 4.03. The van der Waals surface area contributed by atoms with Gasteiger partial charge in [0.1, 0.15) is 16.9 Å². The Balaban J connectivity index is 2.22. The highest BCUT2D eigenvalue weighted by Crippen LogP contribution is 2.30. The van der Waals surface area contributed by atoms with Crippen LogP contribution in [-0.4, -0.2) is 32.1 Å². The van der Waals surface area contributed by atoms with E-state index in [-0.39, 0.29) is 11.1 Å². The van der Waals surface area contributed by atoms with Gasteiger partial charge in [-0.1, -0.05) is 24.3 Å². The molecule has 0 bridgehead atoms. The minimum absolute atomic E-state index is 0.188. The molecule has 2 heterocycles. The van der Waals surface area contributed by atoms with Crippen molar-refractivity contribution in [3.05, 3.63) is 69.6 Å². The second-order valence-electron chi connectivity index (χ2n) is 5.72. The monoisotopic (exact) mass is 376 g/mol. The van der Waals surface area contributed by atoms with Gasteiger partial charge in [-0.3, -0.25) is 9.78 Å². The molecule has 138 valence electrons. The van der Waals surface area contributed by atoms with Gasteiger partial charge in [-0.05, 0) is 17.7 Å². The number of pyridine rings is 2. The molecule has 0 radical (unpaired) electrons. The summed E-state index contributed by atoms with van der Waals surface area (Å²) in [4.78, 5) is 41.5. The lowest BCUT2D eigenvalue weighted by atomic mass is 9.94. The van der Waals surface area contributed by atoms with Gasteiger partial charge < -0.3 is 20.9 Å². The first kappa shape index (κ1) is 18.3. The molecule has 0 spiro atoms. The van der Waals surface area contributed by atoms with Crippen LogP contribution in [0.15, 0.2) is 47.4 Å². The van der Waals surface area contributed by atoms with Crippen LogP contribution in [0, 0.1) is 11.3 Å². The summed E-state index contributed by atoms with van der Waals surface area (Å²) in [6, 6.07) is 11.2. The zero-order valence-electron chi connectivity index (χ0n) is 14.1. The van der Waals surface area contributed by atoms with Gasteiger partial charge in [0.25, 0.3) is 5.56 Å². The Labute approximate surface area is 157 Å². The van der Waals surface area contributed by atoms with Crippen LogP contribution in [0.1, 0.15) is 26.3 Å². The fourth-order valence-electron chi connectivity index (χ4n) is 2.80. The molecule has 0 fully saturated rings. The highest BCUT2D eigenvalue weighted by Gasteiger charge is 2.26. The highest BCUT2D eigenvalue weighted by molar-refractivity contribution is 6.07. The zero-order chi connectivity index (χ0) is 20.4. The van der Waals surface area contributed by atoms with Gasteiger partial charge in [-0.15, -0.1) is 0 Å². The Morgan fingerprint density at radius 1 is 1.04 bits per heavy atom. The molecule has 3 aromatic rings. The molecule has 9 heteroatoms. The van der Waals surface area contributed by atoms with Gasteiger partial charge >= 0.3 is 11.9 Å². The Kier molecular flexibility index (Phi) is 4.62. The Morgan fingerprint density at radius 2 is 1.64 bits per heavy atom. The molecule has 0 saturated carbocycles. The molecule has 0 amide bonds. The molecule has 2 aromatic heterocycles. The van der Waals surface area contributed by atoms with Crippen LogP contribution in [0.3, 0.4) is 0 Å². The number of nitrogens with zero attached hydrogens (tertiary/aromatic N) is 2. The average molecular weight is 376 g/mol. The molecule has 0 aliphatic rings. The topological polar surface area (TPSA) is 170 Å². The number of carboxylic acid groups (broad SMARTS) is 2. The maximum atomic E-state index is 12.1. The largest absolute Gasteiger partial charge is 0.478 e. The van der Waals surface area contributed by atoms with Crippen molar-refractivity contribution in [1.82, 2.24) is 9.97 Å². The number of anilines is 1. The minimum atomic E-state index is -1.58. The van der Waals surface area contributed by atoms with E-state index >= 15 is 0 Å². The van der Waals surface area contributed by atoms with Crippen molar-refractivity contribution >= 4 is 17.8 Å². The molecule has 0 aliphatic heterocycles. The first-order valence-corrected chi connectivity index (χ1v) is 7.82. The summed E-state index contributed by atoms with van der Waals surface area (Å²) in [5, 5.41) is 27.8. The number of nitrogens with one attached hydrogen (secondary N) is 1. The fourth-order valence-corrected chi connectivity index (χ4v) is 2.80. The summed E-state index contributed by atoms with van der Waals surface area (Å²) in [5.41, 5.74) is 4.83. The smallest absolute Gasteiger partial charge is 0.342 e. The van der Waals surface area contributed by atoms with Crippen LogP contribution in [0.25, 0.3) is 22.4 Å². The Bertz CT molecular complexity index is 1210. The maximum Gasteiger partial charge on any atom is 0.342 e. The number of nitrogens with two attached hydrogens (primary N) is 1. The fraction of sp³-hybridized carbons (Fsp3) is 0. The predicted octanol–water partition coefficient (Wildman–Crippen LogP) is 1.95. The van der Waals surface area contributed by atoms with Crippen molar-refractivity contribution in [1.29, 1.82) is 5.26 Å². The molecule has 3 rings (SSSR count). The van der Waals surface area contributed by atoms with Gasteiger partial charge in [-0.25, -0.2) is 9.59 Å². The normalized spacial score (nSPS) is 10.2. The van der Waals surface area contributed by atoms with E-state index in [1.807, 2.05) is 6.07 Å². The molecular formula is C19H12N4O5. The van der Waals surface area contributed by atoms with Crippen molar-refractivity contribution in [2.75, 3.05) is 5.73 Å². The molecule has 0 saturated heterocycles. The summed E-state index contributed by atoms with van der Waals surface area (Å²) >= 11 is 0. The van der Waals surface area contributed by atoms with Crippen LogP contribution in [0.4, 0.5) is 5.82 Å². The SMILES string of the molecule is N#Cc1ccnc(-c2ccc(-c3c(C(=O)O)c(N)[nH]c(=O)c3C(=O)O)cc2)c1. The molecule has 1 aromatic carbocycles. The van der Waals surface area contributed by atoms with Gasteiger partial charge in [0.15, 0.2) is 0 Å². The maximum absolute atomic E-state index is 12.1. The number of benzene rings is 1. The number of nitriles is 1. The third-order valence-corrected chi connectivity index (χ3v) is 4.03. The van der Waals surface area contributed by atoms with E-state index < -0.39 is 34.4 Å². The van der Waals surface area contributed by atoms with E-state index in [0.717, 1.165) is 0 Å². The number of H-pyrrole nitrogens is 1. The van der Waals surface area contributed by atoms with Crippen molar-refractivity contribution in [3.63, 3.8) is 0 Å².